The molecule has 2 rings (SSSR count). The van der Waals surface area contributed by atoms with Crippen molar-refractivity contribution in [3.63, 3.8) is 0 Å². The molecule has 0 amide bonds. The summed E-state index contributed by atoms with van der Waals surface area (Å²) in [6.45, 7) is 0. The predicted molar refractivity (Wildman–Crippen MR) is 52.6 cm³/mol. The lowest BCUT2D eigenvalue weighted by Gasteiger charge is -1.93. The molecule has 0 fully saturated rings. The molecular weight excluding hydrogens is 265 g/mol. The summed E-state index contributed by atoms with van der Waals surface area (Å²) in [6.07, 6.45) is 1.73. The molecular formula is C8H4IN3. The van der Waals surface area contributed by atoms with E-state index in [0.717, 1.165) is 9.35 Å². The average molecular weight is 269 g/mol. The van der Waals surface area contributed by atoms with Crippen molar-refractivity contribution in [2.24, 2.45) is 0 Å². The topological polar surface area (TPSA) is 41.1 Å². The fourth-order valence-corrected chi connectivity index (χ4v) is 1.62. The number of nitrogens with zero attached hydrogens (tertiary/aromatic N) is 3. The summed E-state index contributed by atoms with van der Waals surface area (Å²) in [4.78, 5) is 4.09. The normalized spacial score (nSPS) is 10.0. The van der Waals surface area contributed by atoms with E-state index in [1.807, 2.05) is 28.7 Å². The molecule has 2 aromatic heterocycles. The van der Waals surface area contributed by atoms with Gasteiger partial charge in [0.2, 0.25) is 0 Å². The van der Waals surface area contributed by atoms with E-state index in [4.69, 9.17) is 5.26 Å². The van der Waals surface area contributed by atoms with Crippen molar-refractivity contribution in [3.05, 3.63) is 33.8 Å². The van der Waals surface area contributed by atoms with E-state index in [1.165, 1.54) is 0 Å². The summed E-state index contributed by atoms with van der Waals surface area (Å²) in [5.74, 6) is 0. The molecule has 0 unspecified atom stereocenters. The standard InChI is InChI=1S/C8H4IN3/c9-7-2-1-3-8-11-6(4-10)5-12(7)8/h1-3,5H. The molecule has 2 aromatic rings. The number of imidazole rings is 1. The van der Waals surface area contributed by atoms with Crippen LogP contribution in [-0.4, -0.2) is 9.38 Å². The minimum atomic E-state index is 0.458. The molecule has 0 atom stereocenters. The van der Waals surface area contributed by atoms with Gasteiger partial charge in [-0.25, -0.2) is 4.98 Å². The Morgan fingerprint density at radius 1 is 1.50 bits per heavy atom. The molecule has 0 N–H and O–H groups in total. The number of fused-ring (bicyclic) bond motifs is 1. The predicted octanol–water partition coefficient (Wildman–Crippen LogP) is 1.81. The van der Waals surface area contributed by atoms with Crippen molar-refractivity contribution in [1.82, 2.24) is 9.38 Å². The van der Waals surface area contributed by atoms with Crippen molar-refractivity contribution in [2.75, 3.05) is 0 Å². The Hall–Kier alpha value is -1.09. The maximum absolute atomic E-state index is 8.60. The van der Waals surface area contributed by atoms with E-state index in [1.54, 1.807) is 6.20 Å². The zero-order valence-corrected chi connectivity index (χ0v) is 8.19. The van der Waals surface area contributed by atoms with Crippen molar-refractivity contribution in [3.8, 4) is 6.07 Å². The number of rotatable bonds is 0. The summed E-state index contributed by atoms with van der Waals surface area (Å²) in [5, 5.41) is 8.60. The van der Waals surface area contributed by atoms with Gasteiger partial charge in [0.15, 0.2) is 5.69 Å². The van der Waals surface area contributed by atoms with Crippen LogP contribution in [0.4, 0.5) is 0 Å². The van der Waals surface area contributed by atoms with E-state index >= 15 is 0 Å². The highest BCUT2D eigenvalue weighted by Gasteiger charge is 2.00. The molecule has 0 spiro atoms. The first-order valence-corrected chi connectivity index (χ1v) is 4.43. The number of hydrogen-bond acceptors (Lipinski definition) is 2. The second kappa shape index (κ2) is 2.75. The van der Waals surface area contributed by atoms with E-state index in [2.05, 4.69) is 27.6 Å². The zero-order valence-electron chi connectivity index (χ0n) is 6.03. The molecule has 0 saturated carbocycles. The van der Waals surface area contributed by atoms with Gasteiger partial charge in [-0.3, -0.25) is 4.40 Å². The third kappa shape index (κ3) is 1.06. The quantitative estimate of drug-likeness (QED) is 0.540. The molecule has 0 aliphatic rings. The van der Waals surface area contributed by atoms with Crippen LogP contribution in [0.1, 0.15) is 5.69 Å². The van der Waals surface area contributed by atoms with Crippen molar-refractivity contribution in [1.29, 1.82) is 5.26 Å². The van der Waals surface area contributed by atoms with E-state index in [0.29, 0.717) is 5.69 Å². The Kier molecular flexibility index (Phi) is 1.73. The van der Waals surface area contributed by atoms with Gasteiger partial charge in [0.05, 0.1) is 3.70 Å². The zero-order chi connectivity index (χ0) is 8.55. The number of pyridine rings is 1. The maximum Gasteiger partial charge on any atom is 0.159 e. The SMILES string of the molecule is N#Cc1cn2c(I)cccc2n1. The molecule has 12 heavy (non-hydrogen) atoms. The molecule has 0 aliphatic heterocycles. The summed E-state index contributed by atoms with van der Waals surface area (Å²) in [6, 6.07) is 7.78. The maximum atomic E-state index is 8.60. The first kappa shape index (κ1) is 7.55. The minimum Gasteiger partial charge on any atom is -0.293 e. The number of halogens is 1. The van der Waals surface area contributed by atoms with Gasteiger partial charge in [0, 0.05) is 6.20 Å². The Balaban J connectivity index is 2.85. The highest BCUT2D eigenvalue weighted by atomic mass is 127. The monoisotopic (exact) mass is 269 g/mol. The van der Waals surface area contributed by atoms with Crippen LogP contribution in [0.25, 0.3) is 5.65 Å². The molecule has 0 saturated heterocycles. The van der Waals surface area contributed by atoms with Crippen LogP contribution in [0.2, 0.25) is 0 Å². The molecule has 4 heteroatoms. The lowest BCUT2D eigenvalue weighted by atomic mass is 10.5. The van der Waals surface area contributed by atoms with Crippen LogP contribution in [-0.2, 0) is 0 Å². The summed E-state index contributed by atoms with van der Waals surface area (Å²) < 4.78 is 2.94. The van der Waals surface area contributed by atoms with Gasteiger partial charge in [-0.15, -0.1) is 0 Å². The molecule has 3 nitrogen and oxygen atoms in total. The lowest BCUT2D eigenvalue weighted by molar-refractivity contribution is 1.14. The Morgan fingerprint density at radius 2 is 2.33 bits per heavy atom. The van der Waals surface area contributed by atoms with Gasteiger partial charge in [0.25, 0.3) is 0 Å². The fraction of sp³-hybridized carbons (Fsp3) is 0. The van der Waals surface area contributed by atoms with E-state index in [-0.39, 0.29) is 0 Å². The number of hydrogen-bond donors (Lipinski definition) is 0. The third-order valence-corrected chi connectivity index (χ3v) is 2.44. The van der Waals surface area contributed by atoms with Crippen LogP contribution in [0.15, 0.2) is 24.4 Å². The molecule has 0 bridgehead atoms. The summed E-state index contributed by atoms with van der Waals surface area (Å²) in [5.41, 5.74) is 1.28. The van der Waals surface area contributed by atoms with Crippen molar-refractivity contribution >= 4 is 28.2 Å². The number of nitriles is 1. The first-order valence-electron chi connectivity index (χ1n) is 3.35. The van der Waals surface area contributed by atoms with Crippen molar-refractivity contribution in [2.45, 2.75) is 0 Å². The van der Waals surface area contributed by atoms with Gasteiger partial charge >= 0.3 is 0 Å². The molecule has 58 valence electrons. The smallest absolute Gasteiger partial charge is 0.159 e. The van der Waals surface area contributed by atoms with Gasteiger partial charge in [0.1, 0.15) is 11.7 Å². The minimum absolute atomic E-state index is 0.458. The van der Waals surface area contributed by atoms with Crippen molar-refractivity contribution < 1.29 is 0 Å². The van der Waals surface area contributed by atoms with Gasteiger partial charge in [-0.2, -0.15) is 5.26 Å². The highest BCUT2D eigenvalue weighted by Crippen LogP contribution is 2.09. The second-order valence-electron chi connectivity index (χ2n) is 2.31. The highest BCUT2D eigenvalue weighted by molar-refractivity contribution is 14.1. The Morgan fingerprint density at radius 3 is 3.00 bits per heavy atom. The summed E-state index contributed by atoms with van der Waals surface area (Å²) in [7, 11) is 0. The molecule has 0 aliphatic carbocycles. The van der Waals surface area contributed by atoms with E-state index in [9.17, 15) is 0 Å². The van der Waals surface area contributed by atoms with E-state index < -0.39 is 0 Å². The lowest BCUT2D eigenvalue weighted by Crippen LogP contribution is -1.86. The third-order valence-electron chi connectivity index (χ3n) is 1.56. The molecule has 0 aromatic carbocycles. The Labute approximate surface area is 82.8 Å². The van der Waals surface area contributed by atoms with Gasteiger partial charge in [-0.05, 0) is 34.7 Å². The van der Waals surface area contributed by atoms with Crippen LogP contribution in [0.3, 0.4) is 0 Å². The fourth-order valence-electron chi connectivity index (χ4n) is 1.03. The number of aromatic nitrogens is 2. The molecule has 0 radical (unpaired) electrons. The van der Waals surface area contributed by atoms with Gasteiger partial charge in [-0.1, -0.05) is 6.07 Å². The van der Waals surface area contributed by atoms with Crippen LogP contribution in [0.5, 0.6) is 0 Å². The Bertz CT molecular complexity index is 467. The van der Waals surface area contributed by atoms with Gasteiger partial charge < -0.3 is 0 Å². The van der Waals surface area contributed by atoms with Crippen LogP contribution < -0.4 is 0 Å². The second-order valence-corrected chi connectivity index (χ2v) is 3.42. The van der Waals surface area contributed by atoms with Crippen LogP contribution in [0, 0.1) is 15.0 Å². The molecule has 2 heterocycles. The largest absolute Gasteiger partial charge is 0.293 e. The average Bonchev–Trinajstić information content (AvgIpc) is 2.49. The van der Waals surface area contributed by atoms with Crippen LogP contribution >= 0.6 is 22.6 Å². The first-order chi connectivity index (χ1) is 5.81. The summed E-state index contributed by atoms with van der Waals surface area (Å²) >= 11 is 2.20.